The second-order valence-electron chi connectivity index (χ2n) is 5.73. The van der Waals surface area contributed by atoms with Crippen molar-refractivity contribution < 1.29 is 0 Å². The summed E-state index contributed by atoms with van der Waals surface area (Å²) in [6.07, 6.45) is 4.97. The molecule has 3 heteroatoms. The summed E-state index contributed by atoms with van der Waals surface area (Å²) >= 11 is 0. The molecule has 1 unspecified atom stereocenters. The van der Waals surface area contributed by atoms with Crippen molar-refractivity contribution in [1.29, 1.82) is 0 Å². The second-order valence-corrected chi connectivity index (χ2v) is 5.73. The molecule has 0 amide bonds. The van der Waals surface area contributed by atoms with Crippen molar-refractivity contribution in [1.82, 2.24) is 14.9 Å². The number of aryl methyl sites for hydroxylation is 1. The average molecular weight is 271 g/mol. The van der Waals surface area contributed by atoms with E-state index in [4.69, 9.17) is 0 Å². The molecule has 0 aliphatic carbocycles. The molecule has 0 saturated carbocycles. The summed E-state index contributed by atoms with van der Waals surface area (Å²) in [5.41, 5.74) is 2.69. The summed E-state index contributed by atoms with van der Waals surface area (Å²) in [7, 11) is 2.05. The molecule has 0 spiro atoms. The Morgan fingerprint density at radius 1 is 1.30 bits per heavy atom. The lowest BCUT2D eigenvalue weighted by Crippen LogP contribution is -2.24. The van der Waals surface area contributed by atoms with Crippen LogP contribution >= 0.6 is 0 Å². The van der Waals surface area contributed by atoms with Gasteiger partial charge < -0.3 is 9.88 Å². The molecule has 1 atom stereocenters. The van der Waals surface area contributed by atoms with Crippen LogP contribution in [0.3, 0.4) is 0 Å². The lowest BCUT2D eigenvalue weighted by molar-refractivity contribution is 0.575. The van der Waals surface area contributed by atoms with E-state index in [9.17, 15) is 0 Å². The highest BCUT2D eigenvalue weighted by Crippen LogP contribution is 2.22. The van der Waals surface area contributed by atoms with Crippen LogP contribution < -0.4 is 5.32 Å². The Bertz CT molecular complexity index is 543. The number of rotatable bonds is 6. The zero-order valence-corrected chi connectivity index (χ0v) is 12.9. The van der Waals surface area contributed by atoms with Gasteiger partial charge in [-0.15, -0.1) is 0 Å². The van der Waals surface area contributed by atoms with E-state index in [1.165, 1.54) is 11.1 Å². The van der Waals surface area contributed by atoms with Gasteiger partial charge in [0.25, 0.3) is 0 Å². The molecule has 0 saturated heterocycles. The van der Waals surface area contributed by atoms with Crippen LogP contribution in [0.1, 0.15) is 43.8 Å². The smallest absolute Gasteiger partial charge is 0.130 e. The fraction of sp³-hybridized carbons (Fsp3) is 0.471. The Morgan fingerprint density at radius 2 is 2.10 bits per heavy atom. The fourth-order valence-electron chi connectivity index (χ4n) is 2.59. The van der Waals surface area contributed by atoms with E-state index in [0.29, 0.717) is 5.92 Å². The molecule has 0 bridgehead atoms. The van der Waals surface area contributed by atoms with Crippen LogP contribution in [0, 0.1) is 5.92 Å². The summed E-state index contributed by atoms with van der Waals surface area (Å²) < 4.78 is 2.09. The summed E-state index contributed by atoms with van der Waals surface area (Å²) in [6, 6.07) is 9.02. The van der Waals surface area contributed by atoms with Gasteiger partial charge in [0.15, 0.2) is 0 Å². The Hall–Kier alpha value is -1.61. The molecule has 2 aromatic rings. The first-order valence-electron chi connectivity index (χ1n) is 7.41. The molecule has 20 heavy (non-hydrogen) atoms. The van der Waals surface area contributed by atoms with Crippen LogP contribution in [-0.2, 0) is 13.5 Å². The normalized spacial score (nSPS) is 12.8. The number of aromatic nitrogens is 2. The lowest BCUT2D eigenvalue weighted by atomic mass is 9.98. The van der Waals surface area contributed by atoms with E-state index in [0.717, 1.165) is 18.8 Å². The minimum atomic E-state index is 0.159. The van der Waals surface area contributed by atoms with Crippen molar-refractivity contribution in [3.05, 3.63) is 53.6 Å². The van der Waals surface area contributed by atoms with Gasteiger partial charge in [-0.05, 0) is 30.0 Å². The first-order chi connectivity index (χ1) is 9.61. The maximum atomic E-state index is 4.50. The monoisotopic (exact) mass is 271 g/mol. The molecular formula is C17H25N3. The van der Waals surface area contributed by atoms with Crippen LogP contribution in [0.4, 0.5) is 0 Å². The van der Waals surface area contributed by atoms with Gasteiger partial charge in [0.05, 0.1) is 6.04 Å². The molecule has 3 nitrogen and oxygen atoms in total. The van der Waals surface area contributed by atoms with Gasteiger partial charge >= 0.3 is 0 Å². The highest BCUT2D eigenvalue weighted by molar-refractivity contribution is 5.30. The van der Waals surface area contributed by atoms with Gasteiger partial charge in [0.1, 0.15) is 5.82 Å². The second kappa shape index (κ2) is 6.71. The number of hydrogen-bond donors (Lipinski definition) is 1. The first-order valence-corrected chi connectivity index (χ1v) is 7.41. The zero-order chi connectivity index (χ0) is 14.5. The van der Waals surface area contributed by atoms with Gasteiger partial charge in [-0.2, -0.15) is 0 Å². The predicted molar refractivity (Wildman–Crippen MR) is 83.7 cm³/mol. The molecule has 2 rings (SSSR count). The number of benzene rings is 1. The Morgan fingerprint density at radius 3 is 2.70 bits per heavy atom. The summed E-state index contributed by atoms with van der Waals surface area (Å²) in [5, 5.41) is 3.54. The van der Waals surface area contributed by atoms with Gasteiger partial charge in [-0.1, -0.05) is 45.0 Å². The maximum Gasteiger partial charge on any atom is 0.130 e. The molecule has 0 radical (unpaired) electrons. The highest BCUT2D eigenvalue weighted by atomic mass is 15.1. The Kier molecular flexibility index (Phi) is 4.96. The molecule has 1 N–H and O–H groups in total. The topological polar surface area (TPSA) is 29.9 Å². The van der Waals surface area contributed by atoms with E-state index in [2.05, 4.69) is 59.9 Å². The van der Waals surface area contributed by atoms with E-state index in [1.54, 1.807) is 0 Å². The molecule has 1 aromatic heterocycles. The molecule has 108 valence electrons. The van der Waals surface area contributed by atoms with Crippen LogP contribution in [-0.4, -0.2) is 16.1 Å². The van der Waals surface area contributed by atoms with Crippen LogP contribution in [0.25, 0.3) is 0 Å². The van der Waals surface area contributed by atoms with E-state index in [-0.39, 0.29) is 6.04 Å². The number of hydrogen-bond acceptors (Lipinski definition) is 2. The Labute approximate surface area is 122 Å². The largest absolute Gasteiger partial charge is 0.336 e. The van der Waals surface area contributed by atoms with Crippen LogP contribution in [0.5, 0.6) is 0 Å². The van der Waals surface area contributed by atoms with E-state index < -0.39 is 0 Å². The van der Waals surface area contributed by atoms with Crippen molar-refractivity contribution in [2.75, 3.05) is 6.54 Å². The summed E-state index contributed by atoms with van der Waals surface area (Å²) in [5.74, 6) is 1.74. The third kappa shape index (κ3) is 3.48. The number of nitrogens with one attached hydrogen (secondary N) is 1. The highest BCUT2D eigenvalue weighted by Gasteiger charge is 2.17. The summed E-state index contributed by atoms with van der Waals surface area (Å²) in [6.45, 7) is 7.57. The molecule has 0 aliphatic heterocycles. The minimum Gasteiger partial charge on any atom is -0.336 e. The van der Waals surface area contributed by atoms with E-state index in [1.807, 2.05) is 19.4 Å². The summed E-state index contributed by atoms with van der Waals surface area (Å²) in [4.78, 5) is 4.50. The third-order valence-corrected chi connectivity index (χ3v) is 3.45. The van der Waals surface area contributed by atoms with Gasteiger partial charge in [-0.25, -0.2) is 4.98 Å². The predicted octanol–water partition coefficient (Wildman–Crippen LogP) is 3.32. The standard InChI is InChI=1S/C17H25N3/c1-5-18-16(17-19-9-10-20(17)4)15-8-6-7-14(12-15)11-13(2)3/h6-10,12-13,16,18H,5,11H2,1-4H3. The fourth-order valence-corrected chi connectivity index (χ4v) is 2.59. The number of nitrogens with zero attached hydrogens (tertiary/aromatic N) is 2. The van der Waals surface area contributed by atoms with Gasteiger partial charge in [0, 0.05) is 19.4 Å². The molecule has 1 heterocycles. The minimum absolute atomic E-state index is 0.159. The first kappa shape index (κ1) is 14.8. The van der Waals surface area contributed by atoms with Crippen molar-refractivity contribution in [3.8, 4) is 0 Å². The van der Waals surface area contributed by atoms with Gasteiger partial charge in [-0.3, -0.25) is 0 Å². The molecular weight excluding hydrogens is 246 g/mol. The Balaban J connectivity index is 2.32. The average Bonchev–Trinajstić information content (AvgIpc) is 2.81. The molecule has 1 aromatic carbocycles. The van der Waals surface area contributed by atoms with Gasteiger partial charge in [0.2, 0.25) is 0 Å². The lowest BCUT2D eigenvalue weighted by Gasteiger charge is -2.19. The van der Waals surface area contributed by atoms with Crippen molar-refractivity contribution in [3.63, 3.8) is 0 Å². The van der Waals surface area contributed by atoms with Crippen molar-refractivity contribution in [2.24, 2.45) is 13.0 Å². The quantitative estimate of drug-likeness (QED) is 0.873. The van der Waals surface area contributed by atoms with Crippen LogP contribution in [0.15, 0.2) is 36.7 Å². The van der Waals surface area contributed by atoms with Crippen molar-refractivity contribution >= 4 is 0 Å². The maximum absolute atomic E-state index is 4.50. The SMILES string of the molecule is CCNC(c1cccc(CC(C)C)c1)c1nccn1C. The third-order valence-electron chi connectivity index (χ3n) is 3.45. The number of imidazole rings is 1. The molecule has 0 aliphatic rings. The molecule has 0 fully saturated rings. The van der Waals surface area contributed by atoms with Crippen molar-refractivity contribution in [2.45, 2.75) is 33.2 Å². The zero-order valence-electron chi connectivity index (χ0n) is 12.9. The van der Waals surface area contributed by atoms with Crippen LogP contribution in [0.2, 0.25) is 0 Å². The van der Waals surface area contributed by atoms with E-state index >= 15 is 0 Å².